The first-order valence-corrected chi connectivity index (χ1v) is 10.1. The molecule has 0 unspecified atom stereocenters. The van der Waals surface area contributed by atoms with E-state index < -0.39 is 11.9 Å². The predicted molar refractivity (Wildman–Crippen MR) is 125 cm³/mol. The maximum Gasteiger partial charge on any atom is 0.434 e. The number of hydrogen-bond acceptors (Lipinski definition) is 5. The van der Waals surface area contributed by atoms with Gasteiger partial charge in [0.15, 0.2) is 11.7 Å². The smallest absolute Gasteiger partial charge is 0.434 e. The monoisotopic (exact) mass is 557 g/mol. The van der Waals surface area contributed by atoms with Gasteiger partial charge in [0.2, 0.25) is 0 Å². The van der Waals surface area contributed by atoms with Gasteiger partial charge in [-0.15, -0.1) is 35.3 Å². The maximum absolute atomic E-state index is 12.7. The molecular formula is C19H27F3IN5OS. The molecule has 168 valence electrons. The first-order chi connectivity index (χ1) is 13.8. The summed E-state index contributed by atoms with van der Waals surface area (Å²) >= 11 is 0.966. The van der Waals surface area contributed by atoms with Gasteiger partial charge in [-0.25, -0.2) is 9.98 Å². The summed E-state index contributed by atoms with van der Waals surface area (Å²) in [5.41, 5.74) is 0.102. The largest absolute Gasteiger partial charge is 0.492 e. The zero-order chi connectivity index (χ0) is 21.3. The lowest BCUT2D eigenvalue weighted by Crippen LogP contribution is -2.36. The van der Waals surface area contributed by atoms with Crippen LogP contribution in [0, 0.1) is 0 Å². The number of halogens is 4. The van der Waals surface area contributed by atoms with Crippen molar-refractivity contribution in [3.63, 3.8) is 0 Å². The van der Waals surface area contributed by atoms with Crippen LogP contribution in [0.15, 0.2) is 34.6 Å². The predicted octanol–water partition coefficient (Wildman–Crippen LogP) is 3.98. The summed E-state index contributed by atoms with van der Waals surface area (Å²) in [4.78, 5) is 10.1. The van der Waals surface area contributed by atoms with Crippen molar-refractivity contribution in [2.45, 2.75) is 26.2 Å². The topological polar surface area (TPSA) is 61.8 Å². The van der Waals surface area contributed by atoms with Gasteiger partial charge in [-0.1, -0.05) is 12.1 Å². The van der Waals surface area contributed by atoms with Crippen LogP contribution in [0.4, 0.5) is 13.2 Å². The lowest BCUT2D eigenvalue weighted by atomic mass is 10.2. The number of benzene rings is 1. The number of likely N-dealkylation sites (N-methyl/N-ethyl adjacent to an activating group) is 1. The standard InChI is InChI=1S/C19H26F3N5OS.HI/c1-4-23-18(25-12-17-26-16(13-29-17)19(20,21)22)24-11-14-6-5-7-15(10-14)28-9-8-27(2)3;/h5-7,10,13H,4,8-9,11-12H2,1-3H3,(H2,23,24,25);1H. The summed E-state index contributed by atoms with van der Waals surface area (Å²) in [6, 6.07) is 7.68. The molecule has 0 atom stereocenters. The van der Waals surface area contributed by atoms with E-state index in [0.717, 1.165) is 34.6 Å². The Morgan fingerprint density at radius 3 is 2.67 bits per heavy atom. The molecule has 0 saturated carbocycles. The Bertz CT molecular complexity index is 798. The molecule has 0 aliphatic heterocycles. The zero-order valence-corrected chi connectivity index (χ0v) is 20.3. The number of nitrogens with zero attached hydrogens (tertiary/aromatic N) is 3. The van der Waals surface area contributed by atoms with Gasteiger partial charge in [0.1, 0.15) is 17.4 Å². The second kappa shape index (κ2) is 13.0. The quantitative estimate of drug-likeness (QED) is 0.278. The molecule has 1 aromatic heterocycles. The number of aromatic nitrogens is 1. The second-order valence-corrected chi connectivity index (χ2v) is 7.41. The van der Waals surface area contributed by atoms with E-state index in [4.69, 9.17) is 4.74 Å². The van der Waals surface area contributed by atoms with Gasteiger partial charge in [0, 0.05) is 18.5 Å². The van der Waals surface area contributed by atoms with Crippen LogP contribution in [0.2, 0.25) is 0 Å². The van der Waals surface area contributed by atoms with Gasteiger partial charge >= 0.3 is 6.18 Å². The molecule has 0 amide bonds. The van der Waals surface area contributed by atoms with Crippen LogP contribution < -0.4 is 15.4 Å². The highest BCUT2D eigenvalue weighted by Gasteiger charge is 2.33. The Morgan fingerprint density at radius 2 is 2.03 bits per heavy atom. The average molecular weight is 557 g/mol. The Morgan fingerprint density at radius 1 is 1.27 bits per heavy atom. The van der Waals surface area contributed by atoms with E-state index in [1.54, 1.807) is 0 Å². The third kappa shape index (κ3) is 9.47. The third-order valence-corrected chi connectivity index (χ3v) is 4.57. The fourth-order valence-corrected chi connectivity index (χ4v) is 3.01. The second-order valence-electron chi connectivity index (χ2n) is 6.47. The molecular weight excluding hydrogens is 530 g/mol. The van der Waals surface area contributed by atoms with Crippen molar-refractivity contribution in [1.29, 1.82) is 0 Å². The fourth-order valence-electron chi connectivity index (χ4n) is 2.27. The molecule has 2 rings (SSSR count). The number of hydrogen-bond donors (Lipinski definition) is 2. The summed E-state index contributed by atoms with van der Waals surface area (Å²) in [6.07, 6.45) is -4.42. The highest BCUT2D eigenvalue weighted by Crippen LogP contribution is 2.29. The summed E-state index contributed by atoms with van der Waals surface area (Å²) in [6.45, 7) is 4.54. The highest BCUT2D eigenvalue weighted by atomic mass is 127. The molecule has 0 spiro atoms. The minimum Gasteiger partial charge on any atom is -0.492 e. The molecule has 30 heavy (non-hydrogen) atoms. The van der Waals surface area contributed by atoms with Gasteiger partial charge < -0.3 is 20.3 Å². The summed E-state index contributed by atoms with van der Waals surface area (Å²) < 4.78 is 43.7. The zero-order valence-electron chi connectivity index (χ0n) is 17.1. The summed E-state index contributed by atoms with van der Waals surface area (Å²) in [7, 11) is 3.97. The van der Waals surface area contributed by atoms with Crippen LogP contribution in [0.25, 0.3) is 0 Å². The van der Waals surface area contributed by atoms with Crippen LogP contribution in [0.1, 0.15) is 23.2 Å². The molecule has 1 heterocycles. The first-order valence-electron chi connectivity index (χ1n) is 9.18. The number of aliphatic imine (C=N–C) groups is 1. The van der Waals surface area contributed by atoms with E-state index in [9.17, 15) is 13.2 Å². The Kier molecular flexibility index (Phi) is 11.4. The lowest BCUT2D eigenvalue weighted by Gasteiger charge is -2.12. The Labute approximate surface area is 196 Å². The molecule has 0 aliphatic rings. The van der Waals surface area contributed by atoms with Crippen molar-refractivity contribution in [3.8, 4) is 5.75 Å². The number of thiazole rings is 1. The van der Waals surface area contributed by atoms with Crippen LogP contribution in [0.3, 0.4) is 0 Å². The molecule has 11 heteroatoms. The molecule has 0 radical (unpaired) electrons. The lowest BCUT2D eigenvalue weighted by molar-refractivity contribution is -0.140. The molecule has 2 N–H and O–H groups in total. The maximum atomic E-state index is 12.7. The minimum absolute atomic E-state index is 0. The number of nitrogens with one attached hydrogen (secondary N) is 2. The number of guanidine groups is 1. The first kappa shape index (κ1) is 26.4. The van der Waals surface area contributed by atoms with E-state index in [-0.39, 0.29) is 30.5 Å². The highest BCUT2D eigenvalue weighted by molar-refractivity contribution is 14.0. The molecule has 2 aromatic rings. The Balaban J connectivity index is 0.00000450. The molecule has 0 bridgehead atoms. The fraction of sp³-hybridized carbons (Fsp3) is 0.474. The molecule has 0 saturated heterocycles. The molecule has 0 fully saturated rings. The molecule has 6 nitrogen and oxygen atoms in total. The van der Waals surface area contributed by atoms with Gasteiger partial charge in [-0.05, 0) is 38.7 Å². The summed E-state index contributed by atoms with van der Waals surface area (Å²) in [5, 5.41) is 7.46. The van der Waals surface area contributed by atoms with Gasteiger partial charge in [-0.3, -0.25) is 0 Å². The van der Waals surface area contributed by atoms with E-state index in [1.807, 2.05) is 50.2 Å². The normalized spacial score (nSPS) is 11.9. The Hall–Kier alpha value is -1.60. The van der Waals surface area contributed by atoms with Crippen LogP contribution in [-0.4, -0.2) is 49.6 Å². The van der Waals surface area contributed by atoms with Crippen molar-refractivity contribution in [1.82, 2.24) is 20.5 Å². The van der Waals surface area contributed by atoms with Crippen molar-refractivity contribution in [2.24, 2.45) is 4.99 Å². The number of ether oxygens (including phenoxy) is 1. The SMILES string of the molecule is CCNC(=NCc1cccc(OCCN(C)C)c1)NCc1nc(C(F)(F)F)cs1.I. The average Bonchev–Trinajstić information content (AvgIpc) is 3.14. The van der Waals surface area contributed by atoms with Gasteiger partial charge in [0.05, 0.1) is 13.1 Å². The van der Waals surface area contributed by atoms with Crippen LogP contribution >= 0.6 is 35.3 Å². The van der Waals surface area contributed by atoms with Crippen molar-refractivity contribution < 1.29 is 17.9 Å². The third-order valence-electron chi connectivity index (χ3n) is 3.72. The summed E-state index contributed by atoms with van der Waals surface area (Å²) in [5.74, 6) is 1.29. The number of alkyl halides is 3. The van der Waals surface area contributed by atoms with E-state index in [0.29, 0.717) is 30.7 Å². The van der Waals surface area contributed by atoms with Gasteiger partial charge in [-0.2, -0.15) is 13.2 Å². The minimum atomic E-state index is -4.42. The van der Waals surface area contributed by atoms with E-state index >= 15 is 0 Å². The van der Waals surface area contributed by atoms with Crippen molar-refractivity contribution in [2.75, 3.05) is 33.8 Å². The van der Waals surface area contributed by atoms with Crippen LogP contribution in [-0.2, 0) is 19.3 Å². The van der Waals surface area contributed by atoms with Crippen molar-refractivity contribution >= 4 is 41.3 Å². The molecule has 0 aliphatic carbocycles. The van der Waals surface area contributed by atoms with E-state index in [1.165, 1.54) is 0 Å². The molecule has 1 aromatic carbocycles. The van der Waals surface area contributed by atoms with Gasteiger partial charge in [0.25, 0.3) is 0 Å². The number of rotatable bonds is 9. The van der Waals surface area contributed by atoms with Crippen molar-refractivity contribution in [3.05, 3.63) is 45.9 Å². The van der Waals surface area contributed by atoms with E-state index in [2.05, 4.69) is 20.6 Å². The van der Waals surface area contributed by atoms with Crippen LogP contribution in [0.5, 0.6) is 5.75 Å².